The Morgan fingerprint density at radius 1 is 1.19 bits per heavy atom. The van der Waals surface area contributed by atoms with Gasteiger partial charge in [-0.25, -0.2) is 4.39 Å². The lowest BCUT2D eigenvalue weighted by atomic mass is 9.98. The second-order valence-corrected chi connectivity index (χ2v) is 7.04. The Hall–Kier alpha value is -1.13. The molecule has 0 saturated carbocycles. The Kier molecular flexibility index (Phi) is 4.59. The maximum atomic E-state index is 14.5. The summed E-state index contributed by atoms with van der Waals surface area (Å²) in [6.07, 6.45) is 0. The first-order chi connectivity index (χ1) is 9.72. The van der Waals surface area contributed by atoms with Gasteiger partial charge in [0.1, 0.15) is 5.82 Å². The average Bonchev–Trinajstić information content (AvgIpc) is 2.32. The number of anilines is 1. The van der Waals surface area contributed by atoms with Crippen molar-refractivity contribution in [2.75, 3.05) is 24.5 Å². The summed E-state index contributed by atoms with van der Waals surface area (Å²) < 4.78 is 20.5. The smallest absolute Gasteiger partial charge is 0.146 e. The fourth-order valence-electron chi connectivity index (χ4n) is 3.14. The Morgan fingerprint density at radius 3 is 2.33 bits per heavy atom. The van der Waals surface area contributed by atoms with Crippen molar-refractivity contribution in [1.29, 1.82) is 0 Å². The minimum atomic E-state index is -0.281. The van der Waals surface area contributed by atoms with Crippen LogP contribution in [0.1, 0.15) is 40.2 Å². The van der Waals surface area contributed by atoms with Crippen LogP contribution < -0.4 is 10.2 Å². The van der Waals surface area contributed by atoms with E-state index in [1.54, 1.807) is 6.07 Å². The predicted molar refractivity (Wildman–Crippen MR) is 85.2 cm³/mol. The van der Waals surface area contributed by atoms with E-state index in [1.165, 1.54) is 0 Å². The highest BCUT2D eigenvalue weighted by molar-refractivity contribution is 5.50. The van der Waals surface area contributed by atoms with Crippen LogP contribution in [0.4, 0.5) is 10.1 Å². The third-order valence-corrected chi connectivity index (χ3v) is 3.63. The van der Waals surface area contributed by atoms with Crippen molar-refractivity contribution in [3.05, 3.63) is 29.6 Å². The molecule has 118 valence electrons. The van der Waals surface area contributed by atoms with E-state index in [1.807, 2.05) is 19.1 Å². The molecule has 1 aromatic rings. The van der Waals surface area contributed by atoms with Gasteiger partial charge in [-0.05, 0) is 51.9 Å². The molecule has 1 aliphatic rings. The maximum Gasteiger partial charge on any atom is 0.146 e. The van der Waals surface area contributed by atoms with Gasteiger partial charge in [-0.2, -0.15) is 0 Å². The Labute approximate surface area is 127 Å². The van der Waals surface area contributed by atoms with Crippen molar-refractivity contribution in [2.24, 2.45) is 0 Å². The number of rotatable bonds is 4. The second kappa shape index (κ2) is 5.93. The molecular formula is C17H27FN2O. The molecule has 1 fully saturated rings. The normalized spacial score (nSPS) is 20.6. The van der Waals surface area contributed by atoms with E-state index < -0.39 is 0 Å². The fourth-order valence-corrected chi connectivity index (χ4v) is 3.14. The topological polar surface area (TPSA) is 24.5 Å². The molecule has 0 atom stereocenters. The molecule has 0 radical (unpaired) electrons. The molecular weight excluding hydrogens is 267 g/mol. The van der Waals surface area contributed by atoms with E-state index >= 15 is 0 Å². The minimum Gasteiger partial charge on any atom is -0.366 e. The summed E-state index contributed by atoms with van der Waals surface area (Å²) in [7, 11) is 0. The lowest BCUT2D eigenvalue weighted by Gasteiger charge is -2.48. The number of nitrogens with one attached hydrogen (secondary N) is 1. The van der Waals surface area contributed by atoms with Gasteiger partial charge in [0, 0.05) is 19.6 Å². The molecule has 2 rings (SSSR count). The summed E-state index contributed by atoms with van der Waals surface area (Å²) in [6, 6.07) is 5.52. The number of hydrogen-bond acceptors (Lipinski definition) is 3. The number of morpholine rings is 1. The fraction of sp³-hybridized carbons (Fsp3) is 0.647. The summed E-state index contributed by atoms with van der Waals surface area (Å²) in [6.45, 7) is 13.2. The quantitative estimate of drug-likeness (QED) is 0.922. The van der Waals surface area contributed by atoms with Gasteiger partial charge in [0.15, 0.2) is 0 Å². The average molecular weight is 294 g/mol. The largest absolute Gasteiger partial charge is 0.366 e. The number of halogens is 1. The molecule has 0 aliphatic carbocycles. The molecule has 4 heteroatoms. The summed E-state index contributed by atoms with van der Waals surface area (Å²) in [5, 5.41) is 3.22. The van der Waals surface area contributed by atoms with Crippen LogP contribution in [0.2, 0.25) is 0 Å². The molecule has 0 spiro atoms. The lowest BCUT2D eigenvalue weighted by Crippen LogP contribution is -2.57. The molecule has 1 saturated heterocycles. The van der Waals surface area contributed by atoms with Gasteiger partial charge in [0.25, 0.3) is 0 Å². The van der Waals surface area contributed by atoms with Crippen LogP contribution in [0.5, 0.6) is 0 Å². The third-order valence-electron chi connectivity index (χ3n) is 3.63. The van der Waals surface area contributed by atoms with Crippen LogP contribution in [0, 0.1) is 5.82 Å². The van der Waals surface area contributed by atoms with Gasteiger partial charge in [-0.15, -0.1) is 0 Å². The first-order valence-electron chi connectivity index (χ1n) is 7.67. The number of hydrogen-bond donors (Lipinski definition) is 1. The van der Waals surface area contributed by atoms with Crippen molar-refractivity contribution < 1.29 is 9.13 Å². The standard InChI is InChI=1S/C17H27FN2O/c1-6-19-10-13-7-8-15(14(18)9-13)20-11-16(2,3)21-17(4,5)12-20/h7-9,19H,6,10-12H2,1-5H3. The van der Waals surface area contributed by atoms with Crippen molar-refractivity contribution in [2.45, 2.75) is 52.4 Å². The zero-order chi connectivity index (χ0) is 15.7. The molecule has 0 bridgehead atoms. The van der Waals surface area contributed by atoms with Crippen LogP contribution in [0.15, 0.2) is 18.2 Å². The highest BCUT2D eigenvalue weighted by atomic mass is 19.1. The summed E-state index contributed by atoms with van der Waals surface area (Å²) in [4.78, 5) is 2.09. The van der Waals surface area contributed by atoms with Gasteiger partial charge < -0.3 is 15.0 Å². The summed E-state index contributed by atoms with van der Waals surface area (Å²) in [5.74, 6) is -0.154. The van der Waals surface area contributed by atoms with Crippen LogP contribution in [-0.4, -0.2) is 30.8 Å². The Bertz CT molecular complexity index is 484. The van der Waals surface area contributed by atoms with E-state index in [2.05, 4.69) is 37.9 Å². The molecule has 0 unspecified atom stereocenters. The van der Waals surface area contributed by atoms with E-state index in [0.29, 0.717) is 25.3 Å². The molecule has 1 N–H and O–H groups in total. The second-order valence-electron chi connectivity index (χ2n) is 7.04. The highest BCUT2D eigenvalue weighted by Crippen LogP contribution is 2.32. The first-order valence-corrected chi connectivity index (χ1v) is 7.67. The highest BCUT2D eigenvalue weighted by Gasteiger charge is 2.38. The minimum absolute atomic E-state index is 0.154. The van der Waals surface area contributed by atoms with Crippen molar-refractivity contribution in [1.82, 2.24) is 5.32 Å². The van der Waals surface area contributed by atoms with E-state index in [0.717, 1.165) is 12.1 Å². The monoisotopic (exact) mass is 294 g/mol. The Balaban J connectivity index is 2.21. The Morgan fingerprint density at radius 2 is 1.81 bits per heavy atom. The predicted octanol–water partition coefficient (Wildman–Crippen LogP) is 3.33. The van der Waals surface area contributed by atoms with E-state index in [4.69, 9.17) is 4.74 Å². The van der Waals surface area contributed by atoms with Gasteiger partial charge in [-0.1, -0.05) is 13.0 Å². The lowest BCUT2D eigenvalue weighted by molar-refractivity contribution is -0.133. The molecule has 1 heterocycles. The van der Waals surface area contributed by atoms with Crippen LogP contribution in [-0.2, 0) is 11.3 Å². The van der Waals surface area contributed by atoms with E-state index in [9.17, 15) is 4.39 Å². The molecule has 1 aromatic carbocycles. The summed E-state index contributed by atoms with van der Waals surface area (Å²) in [5.41, 5.74) is 1.08. The van der Waals surface area contributed by atoms with Crippen molar-refractivity contribution in [3.8, 4) is 0 Å². The number of nitrogens with zero attached hydrogens (tertiary/aromatic N) is 1. The third kappa shape index (κ3) is 4.17. The van der Waals surface area contributed by atoms with Crippen molar-refractivity contribution >= 4 is 5.69 Å². The van der Waals surface area contributed by atoms with Gasteiger partial charge in [0.05, 0.1) is 16.9 Å². The van der Waals surface area contributed by atoms with Crippen LogP contribution in [0.3, 0.4) is 0 Å². The molecule has 3 nitrogen and oxygen atoms in total. The van der Waals surface area contributed by atoms with Gasteiger partial charge in [-0.3, -0.25) is 0 Å². The zero-order valence-corrected chi connectivity index (χ0v) is 13.8. The number of benzene rings is 1. The molecule has 21 heavy (non-hydrogen) atoms. The van der Waals surface area contributed by atoms with Gasteiger partial charge >= 0.3 is 0 Å². The van der Waals surface area contributed by atoms with Crippen LogP contribution in [0.25, 0.3) is 0 Å². The molecule has 1 aliphatic heterocycles. The summed E-state index contributed by atoms with van der Waals surface area (Å²) >= 11 is 0. The number of ether oxygens (including phenoxy) is 1. The van der Waals surface area contributed by atoms with Crippen molar-refractivity contribution in [3.63, 3.8) is 0 Å². The zero-order valence-electron chi connectivity index (χ0n) is 13.8. The molecule has 0 aromatic heterocycles. The SMILES string of the molecule is CCNCc1ccc(N2CC(C)(C)OC(C)(C)C2)c(F)c1. The van der Waals surface area contributed by atoms with E-state index in [-0.39, 0.29) is 17.0 Å². The maximum absolute atomic E-state index is 14.5. The molecule has 0 amide bonds. The first kappa shape index (κ1) is 16.2. The van der Waals surface area contributed by atoms with Gasteiger partial charge in [0.2, 0.25) is 0 Å². The van der Waals surface area contributed by atoms with Crippen LogP contribution >= 0.6 is 0 Å².